The topological polar surface area (TPSA) is 0 Å². The predicted octanol–water partition coefficient (Wildman–Crippen LogP) is 4.40. The van der Waals surface area contributed by atoms with Crippen molar-refractivity contribution in [1.82, 2.24) is 0 Å². The van der Waals surface area contributed by atoms with E-state index in [1.54, 1.807) is 0 Å². The highest BCUT2D eigenvalue weighted by Gasteiger charge is 2.66. The Labute approximate surface area is 95.3 Å². The van der Waals surface area contributed by atoms with Gasteiger partial charge in [-0.25, -0.2) is 0 Å². The van der Waals surface area contributed by atoms with Gasteiger partial charge in [0, 0.05) is 4.75 Å². The summed E-state index contributed by atoms with van der Waals surface area (Å²) in [6, 6.07) is 0. The molecule has 1 aliphatic carbocycles. The Bertz CT molecular complexity index is 220. The van der Waals surface area contributed by atoms with Crippen molar-refractivity contribution < 1.29 is 0 Å². The molecule has 0 aromatic heterocycles. The van der Waals surface area contributed by atoms with E-state index < -0.39 is 0 Å². The first-order valence-corrected chi connectivity index (χ1v) is 6.08. The third-order valence-electron chi connectivity index (χ3n) is 6.36. The lowest BCUT2D eigenvalue weighted by atomic mass is 9.59. The standard InChI is InChI=1S/C13H26S/c1-9-10(2,3)11(4,5)12(6,7)13(9,8)14/h9,14H,1-8H3. The van der Waals surface area contributed by atoms with Crippen LogP contribution in [0, 0.1) is 22.2 Å². The van der Waals surface area contributed by atoms with Crippen molar-refractivity contribution in [1.29, 1.82) is 0 Å². The maximum Gasteiger partial charge on any atom is 0.0188 e. The van der Waals surface area contributed by atoms with Crippen LogP contribution in [0.4, 0.5) is 0 Å². The molecule has 14 heavy (non-hydrogen) atoms. The Morgan fingerprint density at radius 1 is 0.786 bits per heavy atom. The van der Waals surface area contributed by atoms with Crippen LogP contribution in [0.2, 0.25) is 0 Å². The summed E-state index contributed by atoms with van der Waals surface area (Å²) in [5.41, 5.74) is 0.912. The fourth-order valence-electron chi connectivity index (χ4n) is 3.22. The molecule has 0 spiro atoms. The molecule has 0 aromatic carbocycles. The van der Waals surface area contributed by atoms with Gasteiger partial charge < -0.3 is 0 Å². The third kappa shape index (κ3) is 1.03. The fourth-order valence-corrected chi connectivity index (χ4v) is 3.83. The molecule has 0 heterocycles. The maximum atomic E-state index is 4.95. The van der Waals surface area contributed by atoms with E-state index in [2.05, 4.69) is 55.4 Å². The highest BCUT2D eigenvalue weighted by atomic mass is 32.1. The van der Waals surface area contributed by atoms with Crippen molar-refractivity contribution in [3.8, 4) is 0 Å². The van der Waals surface area contributed by atoms with E-state index in [4.69, 9.17) is 12.6 Å². The fraction of sp³-hybridized carbons (Fsp3) is 1.00. The highest BCUT2D eigenvalue weighted by molar-refractivity contribution is 7.81. The van der Waals surface area contributed by atoms with Crippen molar-refractivity contribution >= 4 is 12.6 Å². The maximum absolute atomic E-state index is 4.95. The SMILES string of the molecule is CC1C(C)(C)C(C)(C)C(C)(C)C1(C)S. The summed E-state index contributed by atoms with van der Waals surface area (Å²) in [5.74, 6) is 0.628. The molecule has 2 atom stereocenters. The molecule has 0 nitrogen and oxygen atoms in total. The van der Waals surface area contributed by atoms with Gasteiger partial charge in [0.25, 0.3) is 0 Å². The molecule has 1 saturated carbocycles. The van der Waals surface area contributed by atoms with Gasteiger partial charge in [0.15, 0.2) is 0 Å². The number of hydrogen-bond acceptors (Lipinski definition) is 1. The Kier molecular flexibility index (Phi) is 2.41. The van der Waals surface area contributed by atoms with E-state index in [1.807, 2.05) is 0 Å². The Hall–Kier alpha value is 0.350. The molecule has 1 fully saturated rings. The van der Waals surface area contributed by atoms with Gasteiger partial charge in [-0.05, 0) is 29.1 Å². The molecule has 0 amide bonds. The van der Waals surface area contributed by atoms with Crippen LogP contribution in [-0.4, -0.2) is 4.75 Å². The highest BCUT2D eigenvalue weighted by Crippen LogP contribution is 2.70. The van der Waals surface area contributed by atoms with E-state index in [0.29, 0.717) is 16.7 Å². The normalized spacial score (nSPS) is 43.9. The van der Waals surface area contributed by atoms with Crippen LogP contribution in [0.5, 0.6) is 0 Å². The van der Waals surface area contributed by atoms with Gasteiger partial charge >= 0.3 is 0 Å². The van der Waals surface area contributed by atoms with E-state index >= 15 is 0 Å². The summed E-state index contributed by atoms with van der Waals surface area (Å²) in [4.78, 5) is 0. The molecule has 0 aliphatic heterocycles. The summed E-state index contributed by atoms with van der Waals surface area (Å²) in [7, 11) is 0. The molecule has 0 bridgehead atoms. The number of rotatable bonds is 0. The molecule has 2 unspecified atom stereocenters. The quantitative estimate of drug-likeness (QED) is 0.568. The molecular weight excluding hydrogens is 188 g/mol. The zero-order valence-corrected chi connectivity index (χ0v) is 11.9. The van der Waals surface area contributed by atoms with Crippen molar-refractivity contribution in [3.63, 3.8) is 0 Å². The minimum atomic E-state index is 0.111. The summed E-state index contributed by atoms with van der Waals surface area (Å²) >= 11 is 4.95. The molecule has 1 aliphatic rings. The Morgan fingerprint density at radius 3 is 1.21 bits per heavy atom. The molecule has 1 rings (SSSR count). The smallest absolute Gasteiger partial charge is 0.0188 e. The van der Waals surface area contributed by atoms with Crippen LogP contribution in [-0.2, 0) is 0 Å². The summed E-state index contributed by atoms with van der Waals surface area (Å²) in [6.45, 7) is 19.0. The van der Waals surface area contributed by atoms with Crippen LogP contribution in [0.15, 0.2) is 0 Å². The van der Waals surface area contributed by atoms with Crippen LogP contribution in [0.3, 0.4) is 0 Å². The number of thiol groups is 1. The zero-order valence-electron chi connectivity index (χ0n) is 11.0. The zero-order chi connectivity index (χ0) is 11.6. The van der Waals surface area contributed by atoms with Gasteiger partial charge in [0.2, 0.25) is 0 Å². The second kappa shape index (κ2) is 2.72. The van der Waals surface area contributed by atoms with Crippen molar-refractivity contribution in [2.24, 2.45) is 22.2 Å². The van der Waals surface area contributed by atoms with Crippen LogP contribution < -0.4 is 0 Å². The van der Waals surface area contributed by atoms with E-state index in [9.17, 15) is 0 Å². The van der Waals surface area contributed by atoms with Crippen LogP contribution >= 0.6 is 12.6 Å². The summed E-state index contributed by atoms with van der Waals surface area (Å²) in [5, 5.41) is 0. The van der Waals surface area contributed by atoms with Gasteiger partial charge in [0.05, 0.1) is 0 Å². The van der Waals surface area contributed by atoms with Crippen LogP contribution in [0.1, 0.15) is 55.4 Å². The average Bonchev–Trinajstić information content (AvgIpc) is 2.05. The van der Waals surface area contributed by atoms with E-state index in [-0.39, 0.29) is 10.2 Å². The molecule has 84 valence electrons. The second-order valence-corrected chi connectivity index (χ2v) is 7.77. The minimum Gasteiger partial charge on any atom is -0.172 e. The Balaban J connectivity index is 3.38. The lowest BCUT2D eigenvalue weighted by Crippen LogP contribution is -2.42. The monoisotopic (exact) mass is 214 g/mol. The average molecular weight is 214 g/mol. The Morgan fingerprint density at radius 2 is 1.14 bits per heavy atom. The van der Waals surface area contributed by atoms with Crippen molar-refractivity contribution in [2.75, 3.05) is 0 Å². The predicted molar refractivity (Wildman–Crippen MR) is 67.9 cm³/mol. The van der Waals surface area contributed by atoms with Gasteiger partial charge in [-0.2, -0.15) is 12.6 Å². The number of hydrogen-bond donors (Lipinski definition) is 1. The first-order chi connectivity index (χ1) is 5.90. The molecule has 0 saturated heterocycles. The molecule has 0 radical (unpaired) electrons. The molecule has 0 aromatic rings. The van der Waals surface area contributed by atoms with Gasteiger partial charge in [-0.15, -0.1) is 0 Å². The first-order valence-electron chi connectivity index (χ1n) is 5.63. The van der Waals surface area contributed by atoms with Crippen molar-refractivity contribution in [2.45, 2.75) is 60.1 Å². The lowest BCUT2D eigenvalue weighted by Gasteiger charge is -2.47. The minimum absolute atomic E-state index is 0.111. The van der Waals surface area contributed by atoms with Gasteiger partial charge in [0.1, 0.15) is 0 Å². The van der Waals surface area contributed by atoms with Crippen LogP contribution in [0.25, 0.3) is 0 Å². The summed E-state index contributed by atoms with van der Waals surface area (Å²) < 4.78 is 0.111. The second-order valence-electron chi connectivity index (χ2n) is 6.84. The molecule has 1 heteroatoms. The lowest BCUT2D eigenvalue weighted by molar-refractivity contribution is 0.0369. The van der Waals surface area contributed by atoms with E-state index in [0.717, 1.165) is 0 Å². The van der Waals surface area contributed by atoms with E-state index in [1.165, 1.54) is 0 Å². The first kappa shape index (κ1) is 12.4. The van der Waals surface area contributed by atoms with Crippen molar-refractivity contribution in [3.05, 3.63) is 0 Å². The molecule has 0 N–H and O–H groups in total. The largest absolute Gasteiger partial charge is 0.172 e. The third-order valence-corrected chi connectivity index (χ3v) is 7.31. The van der Waals surface area contributed by atoms with Gasteiger partial charge in [-0.3, -0.25) is 0 Å². The summed E-state index contributed by atoms with van der Waals surface area (Å²) in [6.07, 6.45) is 0. The molecular formula is C13H26S. The van der Waals surface area contributed by atoms with Gasteiger partial charge in [-0.1, -0.05) is 48.5 Å².